The quantitative estimate of drug-likeness (QED) is 0.752. The zero-order valence-electron chi connectivity index (χ0n) is 15.5. The summed E-state index contributed by atoms with van der Waals surface area (Å²) >= 11 is 0. The van der Waals surface area contributed by atoms with Crippen molar-refractivity contribution in [3.63, 3.8) is 0 Å². The smallest absolute Gasteiger partial charge is 0.253 e. The van der Waals surface area contributed by atoms with Crippen molar-refractivity contribution in [2.75, 3.05) is 13.6 Å². The van der Waals surface area contributed by atoms with Crippen molar-refractivity contribution < 1.29 is 13.7 Å². The van der Waals surface area contributed by atoms with Crippen LogP contribution in [0.25, 0.3) is 11.1 Å². The molecule has 2 aromatic carbocycles. The first-order chi connectivity index (χ1) is 13.5. The number of carbonyl (C=O) groups excluding carboxylic acids is 1. The van der Waals surface area contributed by atoms with Gasteiger partial charge in [-0.3, -0.25) is 10.1 Å². The van der Waals surface area contributed by atoms with Gasteiger partial charge in [-0.25, -0.2) is 4.39 Å². The molecule has 142 valence electrons. The molecule has 0 bridgehead atoms. The van der Waals surface area contributed by atoms with Crippen molar-refractivity contribution in [3.8, 4) is 11.1 Å². The number of aliphatic imine (C=N–C) groups is 1. The van der Waals surface area contributed by atoms with E-state index in [1.807, 2.05) is 37.3 Å². The van der Waals surface area contributed by atoms with Gasteiger partial charge in [0.1, 0.15) is 5.82 Å². The molecule has 4 rings (SSSR count). The van der Waals surface area contributed by atoms with Crippen molar-refractivity contribution in [1.29, 1.82) is 0 Å². The maximum atomic E-state index is 14.0. The first-order valence-electron chi connectivity index (χ1n) is 8.92. The number of nitrogens with zero attached hydrogens (tertiary/aromatic N) is 3. The maximum absolute atomic E-state index is 14.0. The van der Waals surface area contributed by atoms with E-state index in [-0.39, 0.29) is 24.2 Å². The van der Waals surface area contributed by atoms with Gasteiger partial charge in [0, 0.05) is 24.6 Å². The number of carbonyl (C=O) groups is 1. The van der Waals surface area contributed by atoms with Gasteiger partial charge in [-0.2, -0.15) is 4.99 Å². The third-order valence-electron chi connectivity index (χ3n) is 4.76. The number of nitrogens with one attached hydrogen (secondary N) is 1. The van der Waals surface area contributed by atoms with Crippen molar-refractivity contribution in [2.24, 2.45) is 4.99 Å². The number of halogens is 1. The van der Waals surface area contributed by atoms with E-state index in [0.717, 1.165) is 16.8 Å². The molecule has 2 heterocycles. The molecule has 0 aliphatic carbocycles. The van der Waals surface area contributed by atoms with Crippen molar-refractivity contribution in [3.05, 3.63) is 71.7 Å². The summed E-state index contributed by atoms with van der Waals surface area (Å²) in [4.78, 5) is 17.4. The third kappa shape index (κ3) is 3.51. The molecule has 28 heavy (non-hydrogen) atoms. The molecule has 0 saturated carbocycles. The number of amides is 1. The van der Waals surface area contributed by atoms with Crippen LogP contribution in [0.3, 0.4) is 0 Å². The number of hydrogen-bond donors (Lipinski definition) is 1. The second-order valence-electron chi connectivity index (χ2n) is 6.75. The van der Waals surface area contributed by atoms with Crippen LogP contribution in [0.15, 0.2) is 64.1 Å². The maximum Gasteiger partial charge on any atom is 0.253 e. The van der Waals surface area contributed by atoms with Gasteiger partial charge >= 0.3 is 0 Å². The number of aromatic nitrogens is 1. The Balaban J connectivity index is 1.53. The summed E-state index contributed by atoms with van der Waals surface area (Å²) in [5.41, 5.74) is 3.15. The van der Waals surface area contributed by atoms with Gasteiger partial charge in [-0.1, -0.05) is 54.5 Å². The predicted molar refractivity (Wildman–Crippen MR) is 104 cm³/mol. The standard InChI is InChI=1S/C21H19FN4O2/c1-13(14-7-9-15(10-8-14)16-5-3-4-6-17(16)22)18-11-20(28-25-18)24-21-23-19(27)12-26(21)2/h3-11,13H,12H2,1-2H3,(H,23,24,27). The molecule has 1 unspecified atom stereocenters. The molecule has 0 spiro atoms. The fraction of sp³-hybridized carbons (Fsp3) is 0.190. The molecule has 1 fully saturated rings. The highest BCUT2D eigenvalue weighted by molar-refractivity contribution is 6.04. The number of hydrogen-bond acceptors (Lipinski definition) is 4. The highest BCUT2D eigenvalue weighted by Gasteiger charge is 2.22. The van der Waals surface area contributed by atoms with E-state index < -0.39 is 0 Å². The normalized spacial score (nSPS) is 16.5. The van der Waals surface area contributed by atoms with Gasteiger partial charge in [0.15, 0.2) is 0 Å². The van der Waals surface area contributed by atoms with Crippen LogP contribution in [-0.2, 0) is 4.79 Å². The van der Waals surface area contributed by atoms with Gasteiger partial charge in [-0.05, 0) is 17.2 Å². The Morgan fingerprint density at radius 2 is 1.96 bits per heavy atom. The van der Waals surface area contributed by atoms with Crippen LogP contribution in [0.2, 0.25) is 0 Å². The lowest BCUT2D eigenvalue weighted by molar-refractivity contribution is -0.118. The van der Waals surface area contributed by atoms with Gasteiger partial charge in [0.2, 0.25) is 11.9 Å². The van der Waals surface area contributed by atoms with Crippen molar-refractivity contribution >= 4 is 17.8 Å². The zero-order chi connectivity index (χ0) is 19.7. The van der Waals surface area contributed by atoms with Crippen molar-refractivity contribution in [1.82, 2.24) is 15.4 Å². The van der Waals surface area contributed by atoms with Gasteiger partial charge in [0.25, 0.3) is 5.88 Å². The lowest BCUT2D eigenvalue weighted by Crippen LogP contribution is -2.26. The molecule has 6 nitrogen and oxygen atoms in total. The molecule has 7 heteroatoms. The summed E-state index contributed by atoms with van der Waals surface area (Å²) in [6.45, 7) is 2.28. The first kappa shape index (κ1) is 17.9. The van der Waals surface area contributed by atoms with E-state index in [2.05, 4.69) is 15.5 Å². The summed E-state index contributed by atoms with van der Waals surface area (Å²) in [5, 5.41) is 6.77. The van der Waals surface area contributed by atoms with E-state index in [0.29, 0.717) is 17.4 Å². The Morgan fingerprint density at radius 1 is 1.21 bits per heavy atom. The van der Waals surface area contributed by atoms with Crippen LogP contribution in [0.4, 0.5) is 10.3 Å². The SMILES string of the molecule is CC(c1ccc(-c2ccccc2F)cc1)c1cc(/N=C2\NC(=O)CN2C)on1. The Hall–Kier alpha value is -3.48. The fourth-order valence-electron chi connectivity index (χ4n) is 3.12. The number of rotatable bonds is 4. The van der Waals surface area contributed by atoms with Gasteiger partial charge in [0.05, 0.1) is 12.2 Å². The Bertz CT molecular complexity index is 1040. The minimum atomic E-state index is -0.243. The van der Waals surface area contributed by atoms with Crippen LogP contribution in [0.5, 0.6) is 0 Å². The molecular weight excluding hydrogens is 359 g/mol. The Morgan fingerprint density at radius 3 is 2.64 bits per heavy atom. The molecule has 1 aliphatic rings. The van der Waals surface area contributed by atoms with Crippen molar-refractivity contribution in [2.45, 2.75) is 12.8 Å². The summed E-state index contributed by atoms with van der Waals surface area (Å²) in [6, 6.07) is 16.2. The molecule has 1 amide bonds. The third-order valence-corrected chi connectivity index (χ3v) is 4.76. The van der Waals surface area contributed by atoms with E-state index >= 15 is 0 Å². The van der Waals surface area contributed by atoms with Gasteiger partial charge in [-0.15, -0.1) is 0 Å². The largest absolute Gasteiger partial charge is 0.336 e. The summed E-state index contributed by atoms with van der Waals surface area (Å²) in [7, 11) is 1.77. The molecule has 3 aromatic rings. The van der Waals surface area contributed by atoms with E-state index in [9.17, 15) is 9.18 Å². The van der Waals surface area contributed by atoms with Crippen LogP contribution in [0, 0.1) is 5.82 Å². The number of benzene rings is 2. The summed E-state index contributed by atoms with van der Waals surface area (Å²) < 4.78 is 19.3. The number of guanidine groups is 1. The highest BCUT2D eigenvalue weighted by Crippen LogP contribution is 2.29. The monoisotopic (exact) mass is 378 g/mol. The summed E-state index contributed by atoms with van der Waals surface area (Å²) in [5.74, 6) is 0.392. The van der Waals surface area contributed by atoms with E-state index in [4.69, 9.17) is 4.52 Å². The minimum Gasteiger partial charge on any atom is -0.336 e. The predicted octanol–water partition coefficient (Wildman–Crippen LogP) is 3.68. The molecule has 0 radical (unpaired) electrons. The van der Waals surface area contributed by atoms with E-state index in [1.165, 1.54) is 6.07 Å². The highest BCUT2D eigenvalue weighted by atomic mass is 19.1. The molecule has 1 N–H and O–H groups in total. The minimum absolute atomic E-state index is 0.0248. The van der Waals surface area contributed by atoms with Gasteiger partial charge < -0.3 is 9.42 Å². The van der Waals surface area contributed by atoms with Crippen LogP contribution in [-0.4, -0.2) is 35.5 Å². The van der Waals surface area contributed by atoms with Crippen LogP contribution < -0.4 is 5.32 Å². The molecule has 1 aromatic heterocycles. The van der Waals surface area contributed by atoms with Crippen LogP contribution >= 0.6 is 0 Å². The molecular formula is C21H19FN4O2. The van der Waals surface area contributed by atoms with Crippen LogP contribution in [0.1, 0.15) is 24.1 Å². The Kier molecular flexibility index (Phi) is 4.65. The zero-order valence-corrected chi connectivity index (χ0v) is 15.5. The summed E-state index contributed by atoms with van der Waals surface area (Å²) in [6.07, 6.45) is 0. The molecule has 1 aliphatic heterocycles. The molecule has 1 atom stereocenters. The second kappa shape index (κ2) is 7.26. The number of likely N-dealkylation sites (N-methyl/N-ethyl adjacent to an activating group) is 1. The fourth-order valence-corrected chi connectivity index (χ4v) is 3.12. The van der Waals surface area contributed by atoms with E-state index in [1.54, 1.807) is 30.1 Å². The first-order valence-corrected chi connectivity index (χ1v) is 8.92. The molecule has 1 saturated heterocycles. The Labute approximate surface area is 161 Å². The average molecular weight is 378 g/mol. The lowest BCUT2D eigenvalue weighted by atomic mass is 9.95. The average Bonchev–Trinajstić information content (AvgIpc) is 3.28. The second-order valence-corrected chi connectivity index (χ2v) is 6.75. The topological polar surface area (TPSA) is 70.7 Å². The lowest BCUT2D eigenvalue weighted by Gasteiger charge is -2.10.